The Morgan fingerprint density at radius 2 is 2.00 bits per heavy atom. The second-order valence-electron chi connectivity index (χ2n) is 4.10. The summed E-state index contributed by atoms with van der Waals surface area (Å²) in [6, 6.07) is -1.04. The molecule has 5 nitrogen and oxygen atoms in total. The molecule has 0 aromatic heterocycles. The van der Waals surface area contributed by atoms with Gasteiger partial charge in [-0.1, -0.05) is 0 Å². The molecule has 0 aromatic rings. The fourth-order valence-corrected chi connectivity index (χ4v) is 0.829. The van der Waals surface area contributed by atoms with Crippen molar-refractivity contribution in [3.8, 4) is 0 Å². The van der Waals surface area contributed by atoms with Crippen molar-refractivity contribution in [2.24, 2.45) is 0 Å². The normalized spacial score (nSPS) is 13.1. The number of amides is 1. The number of hydrogen-bond donors (Lipinski definition) is 2. The van der Waals surface area contributed by atoms with Crippen LogP contribution in [0.4, 0.5) is 9.18 Å². The van der Waals surface area contributed by atoms with Gasteiger partial charge in [-0.15, -0.1) is 0 Å². The van der Waals surface area contributed by atoms with E-state index in [-0.39, 0.29) is 0 Å². The van der Waals surface area contributed by atoms with E-state index >= 15 is 0 Å². The third-order valence-electron chi connectivity index (χ3n) is 1.33. The number of carboxylic acids is 1. The second-order valence-corrected chi connectivity index (χ2v) is 4.10. The highest BCUT2D eigenvalue weighted by Crippen LogP contribution is 2.07. The number of alkyl carbamates (subject to hydrolysis) is 1. The summed E-state index contributed by atoms with van der Waals surface area (Å²) < 4.78 is 17.1. The highest BCUT2D eigenvalue weighted by Gasteiger charge is 2.20. The van der Waals surface area contributed by atoms with Gasteiger partial charge in [0.25, 0.3) is 0 Å². The van der Waals surface area contributed by atoms with Gasteiger partial charge in [0, 0.05) is 0 Å². The van der Waals surface area contributed by atoms with E-state index in [1.54, 1.807) is 20.8 Å². The Bertz CT molecular complexity index is 237. The minimum absolute atomic E-state index is 0.463. The van der Waals surface area contributed by atoms with E-state index in [0.29, 0.717) is 0 Å². The van der Waals surface area contributed by atoms with Crippen molar-refractivity contribution < 1.29 is 23.8 Å². The van der Waals surface area contributed by atoms with Gasteiger partial charge in [0.2, 0.25) is 0 Å². The average molecular weight is 221 g/mol. The number of hydrogen-bond acceptors (Lipinski definition) is 3. The maximum absolute atomic E-state index is 12.3. The van der Waals surface area contributed by atoms with E-state index in [1.165, 1.54) is 0 Å². The molecule has 2 N–H and O–H groups in total. The van der Waals surface area contributed by atoms with Crippen molar-refractivity contribution in [3.63, 3.8) is 0 Å². The predicted octanol–water partition coefficient (Wildman–Crippen LogP) is 1.32. The standard InChI is InChI=1S/C9H16FNO4/c1-9(2,3)15-8(14)11-6(5-10)4-7(12)13/h6H,4-5H2,1-3H3,(H,11,14)(H,12,13)/t6-/m0/s1. The quantitative estimate of drug-likeness (QED) is 0.750. The van der Waals surface area contributed by atoms with Crippen LogP contribution in [-0.2, 0) is 9.53 Å². The van der Waals surface area contributed by atoms with Gasteiger partial charge in [-0.05, 0) is 20.8 Å². The van der Waals surface area contributed by atoms with Crippen LogP contribution in [0.5, 0.6) is 0 Å². The Balaban J connectivity index is 4.07. The lowest BCUT2D eigenvalue weighted by molar-refractivity contribution is -0.137. The zero-order valence-corrected chi connectivity index (χ0v) is 9.04. The van der Waals surface area contributed by atoms with Crippen LogP contribution < -0.4 is 5.32 Å². The molecule has 0 saturated heterocycles. The fourth-order valence-electron chi connectivity index (χ4n) is 0.829. The Morgan fingerprint density at radius 3 is 2.33 bits per heavy atom. The molecule has 15 heavy (non-hydrogen) atoms. The van der Waals surface area contributed by atoms with Crippen molar-refractivity contribution >= 4 is 12.1 Å². The number of halogens is 1. The van der Waals surface area contributed by atoms with E-state index in [2.05, 4.69) is 5.32 Å². The van der Waals surface area contributed by atoms with Gasteiger partial charge in [0.15, 0.2) is 0 Å². The summed E-state index contributed by atoms with van der Waals surface area (Å²) in [5.74, 6) is -1.17. The van der Waals surface area contributed by atoms with Crippen LogP contribution in [0.15, 0.2) is 0 Å². The molecule has 1 amide bonds. The molecule has 0 aliphatic carbocycles. The van der Waals surface area contributed by atoms with Gasteiger partial charge in [-0.2, -0.15) is 0 Å². The first-order valence-electron chi connectivity index (χ1n) is 4.52. The second kappa shape index (κ2) is 5.53. The van der Waals surface area contributed by atoms with Crippen LogP contribution >= 0.6 is 0 Å². The van der Waals surface area contributed by atoms with E-state index < -0.39 is 36.8 Å². The van der Waals surface area contributed by atoms with E-state index in [0.717, 1.165) is 0 Å². The molecule has 0 bridgehead atoms. The first-order valence-corrected chi connectivity index (χ1v) is 4.52. The van der Waals surface area contributed by atoms with Crippen molar-refractivity contribution in [1.82, 2.24) is 5.32 Å². The number of carbonyl (C=O) groups excluding carboxylic acids is 1. The highest BCUT2D eigenvalue weighted by atomic mass is 19.1. The molecule has 0 aliphatic heterocycles. The summed E-state index contributed by atoms with van der Waals surface area (Å²) in [5, 5.41) is 10.5. The van der Waals surface area contributed by atoms with Gasteiger partial charge in [-0.25, -0.2) is 9.18 Å². The van der Waals surface area contributed by atoms with Crippen LogP contribution in [-0.4, -0.2) is 35.5 Å². The Kier molecular flexibility index (Phi) is 5.04. The molecular formula is C9H16FNO4. The molecule has 88 valence electrons. The van der Waals surface area contributed by atoms with Crippen LogP contribution in [0.1, 0.15) is 27.2 Å². The van der Waals surface area contributed by atoms with Gasteiger partial charge in [0.05, 0.1) is 12.5 Å². The lowest BCUT2D eigenvalue weighted by Crippen LogP contribution is -2.41. The molecule has 0 aromatic carbocycles. The largest absolute Gasteiger partial charge is 0.481 e. The molecule has 0 radical (unpaired) electrons. The SMILES string of the molecule is CC(C)(C)OC(=O)N[C@H](CF)CC(=O)O. The lowest BCUT2D eigenvalue weighted by atomic mass is 10.2. The molecule has 0 rings (SSSR count). The van der Waals surface area contributed by atoms with Gasteiger partial charge < -0.3 is 15.2 Å². The van der Waals surface area contributed by atoms with Crippen LogP contribution in [0.3, 0.4) is 0 Å². The van der Waals surface area contributed by atoms with Crippen LogP contribution in [0, 0.1) is 0 Å². The molecular weight excluding hydrogens is 205 g/mol. The maximum atomic E-state index is 12.3. The zero-order chi connectivity index (χ0) is 12.1. The summed E-state index contributed by atoms with van der Waals surface area (Å²) in [7, 11) is 0. The van der Waals surface area contributed by atoms with Crippen molar-refractivity contribution in [2.75, 3.05) is 6.67 Å². The van der Waals surface area contributed by atoms with Crippen molar-refractivity contribution in [3.05, 3.63) is 0 Å². The minimum atomic E-state index is -1.17. The number of rotatable bonds is 4. The molecule has 0 spiro atoms. The first kappa shape index (κ1) is 13.7. The Labute approximate surface area is 87.6 Å². The van der Waals surface area contributed by atoms with E-state index in [1.807, 2.05) is 0 Å². The fraction of sp³-hybridized carbons (Fsp3) is 0.778. The molecule has 6 heteroatoms. The van der Waals surface area contributed by atoms with Gasteiger partial charge in [-0.3, -0.25) is 4.79 Å². The van der Waals surface area contributed by atoms with Crippen molar-refractivity contribution in [1.29, 1.82) is 0 Å². The third-order valence-corrected chi connectivity index (χ3v) is 1.33. The van der Waals surface area contributed by atoms with E-state index in [9.17, 15) is 14.0 Å². The average Bonchev–Trinajstić information content (AvgIpc) is 1.98. The maximum Gasteiger partial charge on any atom is 0.407 e. The third kappa shape index (κ3) is 7.72. The smallest absolute Gasteiger partial charge is 0.407 e. The highest BCUT2D eigenvalue weighted by molar-refractivity contribution is 5.71. The molecule has 0 aliphatic rings. The molecule has 1 atom stereocenters. The minimum Gasteiger partial charge on any atom is -0.481 e. The summed E-state index contributed by atoms with van der Waals surface area (Å²) in [4.78, 5) is 21.4. The van der Waals surface area contributed by atoms with Gasteiger partial charge >= 0.3 is 12.1 Å². The monoisotopic (exact) mass is 221 g/mol. The number of carboxylic acid groups (broad SMARTS) is 1. The number of ether oxygens (including phenoxy) is 1. The number of nitrogens with one attached hydrogen (secondary N) is 1. The number of aliphatic carboxylic acids is 1. The first-order chi connectivity index (χ1) is 6.74. The van der Waals surface area contributed by atoms with E-state index in [4.69, 9.17) is 9.84 Å². The Hall–Kier alpha value is -1.33. The van der Waals surface area contributed by atoms with Crippen LogP contribution in [0.2, 0.25) is 0 Å². The summed E-state index contributed by atoms with van der Waals surface area (Å²) in [6.45, 7) is 4.04. The predicted molar refractivity (Wildman–Crippen MR) is 51.4 cm³/mol. The summed E-state index contributed by atoms with van der Waals surface area (Å²) >= 11 is 0. The number of carbonyl (C=O) groups is 2. The summed E-state index contributed by atoms with van der Waals surface area (Å²) in [5.41, 5.74) is -0.686. The Morgan fingerprint density at radius 1 is 1.47 bits per heavy atom. The number of alkyl halides is 1. The topological polar surface area (TPSA) is 75.6 Å². The van der Waals surface area contributed by atoms with Gasteiger partial charge in [0.1, 0.15) is 12.3 Å². The van der Waals surface area contributed by atoms with Crippen LogP contribution in [0.25, 0.3) is 0 Å². The van der Waals surface area contributed by atoms with Crippen molar-refractivity contribution in [2.45, 2.75) is 38.8 Å². The molecule has 0 fully saturated rings. The molecule has 0 unspecified atom stereocenters. The molecule has 0 heterocycles. The molecule has 0 saturated carbocycles. The lowest BCUT2D eigenvalue weighted by Gasteiger charge is -2.21. The summed E-state index contributed by atoms with van der Waals surface area (Å²) in [6.07, 6.45) is -1.28. The zero-order valence-electron chi connectivity index (χ0n) is 9.04.